The Morgan fingerprint density at radius 3 is 2.73 bits per heavy atom. The third kappa shape index (κ3) is 2.52. The topological polar surface area (TPSA) is 37.3 Å². The summed E-state index contributed by atoms with van der Waals surface area (Å²) in [5, 5.41) is 8.46. The van der Waals surface area contributed by atoms with Gasteiger partial charge >= 0.3 is 5.97 Å². The summed E-state index contributed by atoms with van der Waals surface area (Å²) in [7, 11) is 0. The van der Waals surface area contributed by atoms with E-state index in [-0.39, 0.29) is 0 Å². The first-order valence-corrected chi connectivity index (χ1v) is 4.42. The molecule has 2 nitrogen and oxygen atoms in total. The lowest BCUT2D eigenvalue weighted by atomic mass is 9.93. The normalized spacial score (nSPS) is 30.6. The van der Waals surface area contributed by atoms with Crippen molar-refractivity contribution in [1.29, 1.82) is 0 Å². The van der Waals surface area contributed by atoms with E-state index in [9.17, 15) is 4.79 Å². The van der Waals surface area contributed by atoms with Gasteiger partial charge in [0.25, 0.3) is 0 Å². The van der Waals surface area contributed by atoms with E-state index >= 15 is 0 Å². The van der Waals surface area contributed by atoms with Crippen LogP contribution in [0.1, 0.15) is 39.0 Å². The van der Waals surface area contributed by atoms with Crippen molar-refractivity contribution in [3.05, 3.63) is 0 Å². The van der Waals surface area contributed by atoms with Crippen LogP contribution >= 0.6 is 0 Å². The van der Waals surface area contributed by atoms with Gasteiger partial charge in [0, 0.05) is 6.42 Å². The molecule has 0 radical (unpaired) electrons. The van der Waals surface area contributed by atoms with Gasteiger partial charge in [-0.1, -0.05) is 26.2 Å². The lowest BCUT2D eigenvalue weighted by Gasteiger charge is -2.12. The number of carboxylic acids is 1. The fourth-order valence-corrected chi connectivity index (χ4v) is 1.96. The SMILES string of the molecule is C[C@@H]1CCC[C@@H]1CCC(=O)O. The Labute approximate surface area is 67.6 Å². The average Bonchev–Trinajstić information content (AvgIpc) is 2.31. The van der Waals surface area contributed by atoms with E-state index in [1.165, 1.54) is 19.3 Å². The van der Waals surface area contributed by atoms with Crippen molar-refractivity contribution < 1.29 is 9.90 Å². The molecule has 0 saturated heterocycles. The fourth-order valence-electron chi connectivity index (χ4n) is 1.96. The molecule has 1 aliphatic rings. The molecule has 1 aliphatic carbocycles. The molecule has 2 heteroatoms. The van der Waals surface area contributed by atoms with E-state index in [2.05, 4.69) is 6.92 Å². The molecule has 1 rings (SSSR count). The Bertz CT molecular complexity index is 142. The molecule has 64 valence electrons. The van der Waals surface area contributed by atoms with Crippen LogP contribution in [-0.2, 0) is 4.79 Å². The molecule has 1 saturated carbocycles. The standard InChI is InChI=1S/C9H16O2/c1-7-3-2-4-8(7)5-6-9(10)11/h7-8H,2-6H2,1H3,(H,10,11)/t7-,8-/m1/s1. The highest BCUT2D eigenvalue weighted by Crippen LogP contribution is 2.34. The molecule has 0 bridgehead atoms. The monoisotopic (exact) mass is 156 g/mol. The van der Waals surface area contributed by atoms with E-state index in [4.69, 9.17) is 5.11 Å². The smallest absolute Gasteiger partial charge is 0.303 e. The Hall–Kier alpha value is -0.530. The van der Waals surface area contributed by atoms with Crippen LogP contribution in [0.2, 0.25) is 0 Å². The van der Waals surface area contributed by atoms with Crippen molar-refractivity contribution in [3.8, 4) is 0 Å². The maximum atomic E-state index is 10.3. The molecule has 1 fully saturated rings. The molecular formula is C9H16O2. The average molecular weight is 156 g/mol. The number of carboxylic acid groups (broad SMARTS) is 1. The predicted molar refractivity (Wildman–Crippen MR) is 43.4 cm³/mol. The largest absolute Gasteiger partial charge is 0.481 e. The van der Waals surface area contributed by atoms with Crippen LogP contribution in [0.5, 0.6) is 0 Å². The summed E-state index contributed by atoms with van der Waals surface area (Å²) < 4.78 is 0. The lowest BCUT2D eigenvalue weighted by Crippen LogP contribution is -2.06. The summed E-state index contributed by atoms with van der Waals surface area (Å²) in [4.78, 5) is 10.3. The molecule has 0 aromatic carbocycles. The molecule has 0 aliphatic heterocycles. The van der Waals surface area contributed by atoms with Crippen molar-refractivity contribution >= 4 is 5.97 Å². The van der Waals surface area contributed by atoms with Gasteiger partial charge in [0.15, 0.2) is 0 Å². The minimum absolute atomic E-state index is 0.356. The minimum atomic E-state index is -0.649. The molecule has 0 aromatic rings. The first-order valence-electron chi connectivity index (χ1n) is 4.42. The van der Waals surface area contributed by atoms with Crippen LogP contribution in [0.4, 0.5) is 0 Å². The Kier molecular flexibility index (Phi) is 2.92. The minimum Gasteiger partial charge on any atom is -0.481 e. The molecule has 0 unspecified atom stereocenters. The molecule has 1 N–H and O–H groups in total. The highest BCUT2D eigenvalue weighted by Gasteiger charge is 2.23. The highest BCUT2D eigenvalue weighted by atomic mass is 16.4. The zero-order valence-corrected chi connectivity index (χ0v) is 7.05. The summed E-state index contributed by atoms with van der Waals surface area (Å²) in [5.74, 6) is 0.796. The van der Waals surface area contributed by atoms with E-state index < -0.39 is 5.97 Å². The van der Waals surface area contributed by atoms with Gasteiger partial charge in [0.05, 0.1) is 0 Å². The van der Waals surface area contributed by atoms with Gasteiger partial charge < -0.3 is 5.11 Å². The number of rotatable bonds is 3. The Morgan fingerprint density at radius 2 is 2.27 bits per heavy atom. The molecule has 0 amide bonds. The summed E-state index contributed by atoms with van der Waals surface area (Å²) in [6.07, 6.45) is 5.08. The van der Waals surface area contributed by atoms with Gasteiger partial charge in [-0.2, -0.15) is 0 Å². The number of aliphatic carboxylic acids is 1. The number of hydrogen-bond donors (Lipinski definition) is 1. The highest BCUT2D eigenvalue weighted by molar-refractivity contribution is 5.66. The van der Waals surface area contributed by atoms with Crippen LogP contribution in [0.25, 0.3) is 0 Å². The molecular weight excluding hydrogens is 140 g/mol. The molecule has 2 atom stereocenters. The zero-order valence-electron chi connectivity index (χ0n) is 7.05. The Morgan fingerprint density at radius 1 is 1.55 bits per heavy atom. The number of carbonyl (C=O) groups is 1. The van der Waals surface area contributed by atoms with Crippen LogP contribution in [0.3, 0.4) is 0 Å². The second-order valence-corrected chi connectivity index (χ2v) is 3.60. The van der Waals surface area contributed by atoms with Crippen molar-refractivity contribution in [2.75, 3.05) is 0 Å². The molecule has 11 heavy (non-hydrogen) atoms. The third-order valence-electron chi connectivity index (χ3n) is 2.77. The van der Waals surface area contributed by atoms with Crippen LogP contribution in [0.15, 0.2) is 0 Å². The van der Waals surface area contributed by atoms with E-state index in [1.807, 2.05) is 0 Å². The summed E-state index contributed by atoms with van der Waals surface area (Å²) in [6, 6.07) is 0. The van der Waals surface area contributed by atoms with Crippen LogP contribution in [-0.4, -0.2) is 11.1 Å². The van der Waals surface area contributed by atoms with Crippen molar-refractivity contribution in [1.82, 2.24) is 0 Å². The van der Waals surface area contributed by atoms with Gasteiger partial charge in [-0.15, -0.1) is 0 Å². The quantitative estimate of drug-likeness (QED) is 0.680. The molecule has 0 spiro atoms. The number of hydrogen-bond acceptors (Lipinski definition) is 1. The van der Waals surface area contributed by atoms with Crippen LogP contribution in [0, 0.1) is 11.8 Å². The predicted octanol–water partition coefficient (Wildman–Crippen LogP) is 2.29. The van der Waals surface area contributed by atoms with Gasteiger partial charge in [0.1, 0.15) is 0 Å². The molecule has 0 heterocycles. The maximum absolute atomic E-state index is 10.3. The first kappa shape index (κ1) is 8.57. The van der Waals surface area contributed by atoms with Gasteiger partial charge in [-0.05, 0) is 18.3 Å². The third-order valence-corrected chi connectivity index (χ3v) is 2.77. The molecule has 0 aromatic heterocycles. The fraction of sp³-hybridized carbons (Fsp3) is 0.889. The summed E-state index contributed by atoms with van der Waals surface area (Å²) >= 11 is 0. The van der Waals surface area contributed by atoms with Crippen molar-refractivity contribution in [2.24, 2.45) is 11.8 Å². The Balaban J connectivity index is 2.20. The summed E-state index contributed by atoms with van der Waals surface area (Å²) in [6.45, 7) is 2.24. The van der Waals surface area contributed by atoms with E-state index in [1.54, 1.807) is 0 Å². The zero-order chi connectivity index (χ0) is 8.27. The van der Waals surface area contributed by atoms with Crippen LogP contribution < -0.4 is 0 Å². The second kappa shape index (κ2) is 3.74. The van der Waals surface area contributed by atoms with Crippen molar-refractivity contribution in [2.45, 2.75) is 39.0 Å². The van der Waals surface area contributed by atoms with Gasteiger partial charge in [-0.3, -0.25) is 4.79 Å². The van der Waals surface area contributed by atoms with E-state index in [0.717, 1.165) is 12.3 Å². The van der Waals surface area contributed by atoms with Gasteiger partial charge in [-0.25, -0.2) is 0 Å². The summed E-state index contributed by atoms with van der Waals surface area (Å²) in [5.41, 5.74) is 0. The lowest BCUT2D eigenvalue weighted by molar-refractivity contribution is -0.137. The van der Waals surface area contributed by atoms with Crippen molar-refractivity contribution in [3.63, 3.8) is 0 Å². The van der Waals surface area contributed by atoms with E-state index in [0.29, 0.717) is 12.3 Å². The first-order chi connectivity index (χ1) is 5.20. The maximum Gasteiger partial charge on any atom is 0.303 e. The second-order valence-electron chi connectivity index (χ2n) is 3.60. The van der Waals surface area contributed by atoms with Gasteiger partial charge in [0.2, 0.25) is 0 Å².